The van der Waals surface area contributed by atoms with Gasteiger partial charge in [-0.05, 0) is 91.4 Å². The Morgan fingerprint density at radius 2 is 1.68 bits per heavy atom. The molecule has 2 aromatic rings. The van der Waals surface area contributed by atoms with Crippen molar-refractivity contribution in [1.29, 1.82) is 0 Å². The van der Waals surface area contributed by atoms with Crippen LogP contribution in [-0.2, 0) is 36.3 Å². The zero-order chi connectivity index (χ0) is 19.1. The molecular weight excluding hydrogens is 370 g/mol. The van der Waals surface area contributed by atoms with Crippen molar-refractivity contribution in [3.8, 4) is 0 Å². The summed E-state index contributed by atoms with van der Waals surface area (Å²) in [7, 11) is -2.10. The van der Waals surface area contributed by atoms with Crippen molar-refractivity contribution in [3.63, 3.8) is 0 Å². The lowest BCUT2D eigenvalue weighted by Crippen LogP contribution is -2.34. The minimum atomic E-state index is -2.10. The normalized spacial score (nSPS) is 21.1. The van der Waals surface area contributed by atoms with Gasteiger partial charge in [-0.2, -0.15) is 0 Å². The van der Waals surface area contributed by atoms with Crippen LogP contribution in [0.2, 0.25) is 0 Å². The SMILES string of the molecule is O=C(/N=[SH](=O)/c1ccc([C@H]2CCN2)cc1)Nc1c2c(cc3c1CCC3)CCC2. The summed E-state index contributed by atoms with van der Waals surface area (Å²) in [6, 6.07) is 9.82. The van der Waals surface area contributed by atoms with Crippen LogP contribution in [0.15, 0.2) is 39.6 Å². The number of carbonyl (C=O) groups excluding carboxylic acids is 1. The van der Waals surface area contributed by atoms with Gasteiger partial charge in [-0.1, -0.05) is 18.2 Å². The second-order valence-corrected chi connectivity index (χ2v) is 9.19. The highest BCUT2D eigenvalue weighted by atomic mass is 32.2. The molecule has 2 N–H and O–H groups in total. The number of urea groups is 1. The molecule has 2 atom stereocenters. The topological polar surface area (TPSA) is 70.6 Å². The van der Waals surface area contributed by atoms with Crippen molar-refractivity contribution in [2.45, 2.75) is 55.9 Å². The van der Waals surface area contributed by atoms with Crippen LogP contribution in [0.25, 0.3) is 0 Å². The van der Waals surface area contributed by atoms with Crippen molar-refractivity contribution >= 4 is 22.3 Å². The number of amides is 2. The molecular formula is C22H25N3O2S. The number of anilines is 1. The monoisotopic (exact) mass is 395 g/mol. The van der Waals surface area contributed by atoms with E-state index in [2.05, 4.69) is 21.1 Å². The average Bonchev–Trinajstić information content (AvgIpc) is 3.29. The average molecular weight is 396 g/mol. The van der Waals surface area contributed by atoms with Crippen molar-refractivity contribution in [1.82, 2.24) is 5.32 Å². The number of nitrogens with zero attached hydrogens (tertiary/aromatic N) is 1. The minimum absolute atomic E-state index is 0.398. The Morgan fingerprint density at radius 3 is 2.25 bits per heavy atom. The molecule has 1 aliphatic heterocycles. The number of hydrogen-bond donors (Lipinski definition) is 3. The molecule has 2 aromatic carbocycles. The molecule has 0 bridgehead atoms. The highest BCUT2D eigenvalue weighted by Crippen LogP contribution is 2.38. The zero-order valence-electron chi connectivity index (χ0n) is 15.8. The molecule has 0 spiro atoms. The van der Waals surface area contributed by atoms with Crippen molar-refractivity contribution in [2.24, 2.45) is 4.36 Å². The van der Waals surface area contributed by atoms with Gasteiger partial charge >= 0.3 is 6.03 Å². The van der Waals surface area contributed by atoms with E-state index in [9.17, 15) is 9.00 Å². The third-order valence-corrected chi connectivity index (χ3v) is 7.33. The number of benzene rings is 2. The Morgan fingerprint density at radius 1 is 1.04 bits per heavy atom. The van der Waals surface area contributed by atoms with Crippen LogP contribution in [0.3, 0.4) is 0 Å². The Balaban J connectivity index is 1.37. The van der Waals surface area contributed by atoms with E-state index >= 15 is 0 Å². The third-order valence-electron chi connectivity index (χ3n) is 6.23. The fourth-order valence-electron chi connectivity index (χ4n) is 4.65. The number of thiol groups is 1. The van der Waals surface area contributed by atoms with Crippen LogP contribution in [0.1, 0.15) is 53.1 Å². The highest BCUT2D eigenvalue weighted by Gasteiger charge is 2.25. The van der Waals surface area contributed by atoms with E-state index in [1.807, 2.05) is 24.3 Å². The molecule has 1 fully saturated rings. The summed E-state index contributed by atoms with van der Waals surface area (Å²) in [4.78, 5) is 13.1. The summed E-state index contributed by atoms with van der Waals surface area (Å²) >= 11 is 0. The first-order valence-corrected chi connectivity index (χ1v) is 11.4. The largest absolute Gasteiger partial charge is 0.353 e. The van der Waals surface area contributed by atoms with E-state index in [-0.39, 0.29) is 0 Å². The lowest BCUT2D eigenvalue weighted by atomic mass is 9.98. The predicted octanol–water partition coefficient (Wildman–Crippen LogP) is 3.95. The molecule has 3 aliphatic rings. The van der Waals surface area contributed by atoms with Gasteiger partial charge in [0.05, 0.1) is 10.6 Å². The van der Waals surface area contributed by atoms with Gasteiger partial charge in [-0.3, -0.25) is 0 Å². The fourth-order valence-corrected chi connectivity index (χ4v) is 5.38. The first kappa shape index (κ1) is 17.9. The van der Waals surface area contributed by atoms with Crippen LogP contribution < -0.4 is 10.6 Å². The predicted molar refractivity (Wildman–Crippen MR) is 112 cm³/mol. The number of fused-ring (bicyclic) bond motifs is 2. The third kappa shape index (κ3) is 3.25. The first-order valence-electron chi connectivity index (χ1n) is 10.2. The summed E-state index contributed by atoms with van der Waals surface area (Å²) in [5.74, 6) is 0. The number of carbonyl (C=O) groups is 1. The number of nitrogens with one attached hydrogen (secondary N) is 2. The van der Waals surface area contributed by atoms with Gasteiger partial charge < -0.3 is 10.6 Å². The lowest BCUT2D eigenvalue weighted by molar-refractivity contribution is 0.260. The van der Waals surface area contributed by atoms with Gasteiger partial charge in [0, 0.05) is 16.6 Å². The van der Waals surface area contributed by atoms with Crippen LogP contribution in [0.5, 0.6) is 0 Å². The molecule has 28 heavy (non-hydrogen) atoms. The van der Waals surface area contributed by atoms with E-state index in [0.29, 0.717) is 10.9 Å². The standard InChI is InChI=1S/C22H25N3O2S/c26-22(25-28(27)17-9-7-14(8-10-17)20-11-12-23-20)24-21-18-5-1-3-15(18)13-16-4-2-6-19(16)21/h7-10,13,20,23,28H,1-6,11-12H2,(H,24,26)/t20-/m1/s1. The van der Waals surface area contributed by atoms with Crippen molar-refractivity contribution < 1.29 is 9.00 Å². The lowest BCUT2D eigenvalue weighted by Gasteiger charge is -2.27. The maximum Gasteiger partial charge on any atom is 0.353 e. The molecule has 0 saturated carbocycles. The molecule has 5 nitrogen and oxygen atoms in total. The van der Waals surface area contributed by atoms with Crippen molar-refractivity contribution in [3.05, 3.63) is 58.1 Å². The molecule has 146 valence electrons. The Labute approximate surface area is 167 Å². The Kier molecular flexibility index (Phi) is 4.69. The van der Waals surface area contributed by atoms with E-state index in [1.165, 1.54) is 27.8 Å². The molecule has 0 aromatic heterocycles. The fraction of sp³-hybridized carbons (Fsp3) is 0.409. The highest BCUT2D eigenvalue weighted by molar-refractivity contribution is 7.75. The molecule has 1 unspecified atom stereocenters. The van der Waals surface area contributed by atoms with Gasteiger partial charge in [0.15, 0.2) is 0 Å². The van der Waals surface area contributed by atoms with Crippen molar-refractivity contribution in [2.75, 3.05) is 11.9 Å². The van der Waals surface area contributed by atoms with Crippen LogP contribution in [0.4, 0.5) is 10.5 Å². The van der Waals surface area contributed by atoms with E-state index in [0.717, 1.165) is 57.2 Å². The second-order valence-electron chi connectivity index (χ2n) is 7.92. The van der Waals surface area contributed by atoms with Crippen LogP contribution in [-0.4, -0.2) is 16.8 Å². The minimum Gasteiger partial charge on any atom is -0.310 e. The molecule has 6 heteroatoms. The number of rotatable bonds is 3. The molecule has 5 rings (SSSR count). The second kappa shape index (κ2) is 7.33. The van der Waals surface area contributed by atoms with Crippen LogP contribution >= 0.6 is 0 Å². The molecule has 2 amide bonds. The summed E-state index contributed by atoms with van der Waals surface area (Å²) < 4.78 is 16.5. The summed E-state index contributed by atoms with van der Waals surface area (Å²) in [6.45, 7) is 1.04. The Hall–Kier alpha value is -2.18. The smallest absolute Gasteiger partial charge is 0.310 e. The van der Waals surface area contributed by atoms with Gasteiger partial charge in [-0.15, -0.1) is 4.36 Å². The van der Waals surface area contributed by atoms with Crippen LogP contribution in [0, 0.1) is 0 Å². The molecule has 2 aliphatic carbocycles. The summed E-state index contributed by atoms with van der Waals surface area (Å²) in [5.41, 5.74) is 7.39. The maximum atomic E-state index is 12.6. The molecule has 1 saturated heterocycles. The van der Waals surface area contributed by atoms with Gasteiger partial charge in [0.2, 0.25) is 0 Å². The maximum absolute atomic E-state index is 12.6. The quantitative estimate of drug-likeness (QED) is 0.689. The molecule has 0 radical (unpaired) electrons. The van der Waals surface area contributed by atoms with E-state index in [4.69, 9.17) is 0 Å². The van der Waals surface area contributed by atoms with Gasteiger partial charge in [0.25, 0.3) is 0 Å². The zero-order valence-corrected chi connectivity index (χ0v) is 16.7. The number of hydrogen-bond acceptors (Lipinski definition) is 3. The van der Waals surface area contributed by atoms with E-state index < -0.39 is 16.6 Å². The Bertz CT molecular complexity index is 987. The summed E-state index contributed by atoms with van der Waals surface area (Å²) in [5, 5.41) is 6.34. The first-order chi connectivity index (χ1) is 13.7. The number of aryl methyl sites for hydroxylation is 2. The summed E-state index contributed by atoms with van der Waals surface area (Å²) in [6.07, 6.45) is 7.56. The molecule has 1 heterocycles. The van der Waals surface area contributed by atoms with Gasteiger partial charge in [-0.25, -0.2) is 9.00 Å². The van der Waals surface area contributed by atoms with Gasteiger partial charge in [0.1, 0.15) is 0 Å². The van der Waals surface area contributed by atoms with E-state index in [1.54, 1.807) is 0 Å².